The largest absolute Gasteiger partial charge is 0.444 e. The molecule has 0 spiro atoms. The molecule has 132 valence electrons. The molecule has 1 aromatic carbocycles. The van der Waals surface area contributed by atoms with Crippen LogP contribution in [0, 0.1) is 0 Å². The van der Waals surface area contributed by atoms with E-state index in [1.165, 1.54) is 11.3 Å². The van der Waals surface area contributed by atoms with Gasteiger partial charge in [0, 0.05) is 24.1 Å². The summed E-state index contributed by atoms with van der Waals surface area (Å²) in [5.74, 6) is 0. The first-order valence-electron chi connectivity index (χ1n) is 8.69. The van der Waals surface area contributed by atoms with Crippen molar-refractivity contribution in [2.45, 2.75) is 45.8 Å². The predicted molar refractivity (Wildman–Crippen MR) is 99.1 cm³/mol. The van der Waals surface area contributed by atoms with Crippen LogP contribution in [0.15, 0.2) is 42.6 Å². The lowest BCUT2D eigenvalue weighted by Gasteiger charge is -2.31. The van der Waals surface area contributed by atoms with Crippen LogP contribution in [0.3, 0.4) is 0 Å². The molecule has 0 radical (unpaired) electrons. The zero-order chi connectivity index (χ0) is 17.9. The third kappa shape index (κ3) is 4.50. The standard InChI is InChI=1S/C20H25N3O2/c1-20(2,3)25-19(24)22-14-16-13-17(10-11-21-16)23-12-6-8-15-7-4-5-9-18(15)23/h4-5,7,9-11,13H,6,8,12,14H2,1-3H3,(H,22,24). The van der Waals surface area contributed by atoms with E-state index in [1.807, 2.05) is 32.9 Å². The topological polar surface area (TPSA) is 54.5 Å². The van der Waals surface area contributed by atoms with Crippen molar-refractivity contribution in [3.8, 4) is 0 Å². The average molecular weight is 339 g/mol. The second-order valence-electron chi connectivity index (χ2n) is 7.24. The number of hydrogen-bond donors (Lipinski definition) is 1. The lowest BCUT2D eigenvalue weighted by molar-refractivity contribution is 0.0523. The molecule has 25 heavy (non-hydrogen) atoms. The van der Waals surface area contributed by atoms with E-state index >= 15 is 0 Å². The van der Waals surface area contributed by atoms with Crippen molar-refractivity contribution in [1.82, 2.24) is 10.3 Å². The molecule has 0 aliphatic carbocycles. The Bertz CT molecular complexity index is 753. The Morgan fingerprint density at radius 2 is 2.08 bits per heavy atom. The molecule has 5 heteroatoms. The molecular formula is C20H25N3O2. The van der Waals surface area contributed by atoms with Crippen molar-refractivity contribution >= 4 is 17.5 Å². The van der Waals surface area contributed by atoms with Crippen molar-refractivity contribution < 1.29 is 9.53 Å². The lowest BCUT2D eigenvalue weighted by atomic mass is 10.0. The molecule has 0 unspecified atom stereocenters. The highest BCUT2D eigenvalue weighted by Gasteiger charge is 2.19. The predicted octanol–water partition coefficient (Wildman–Crippen LogP) is 4.19. The van der Waals surface area contributed by atoms with Crippen LogP contribution < -0.4 is 10.2 Å². The van der Waals surface area contributed by atoms with Crippen LogP contribution in [0.2, 0.25) is 0 Å². The number of benzene rings is 1. The fourth-order valence-electron chi connectivity index (χ4n) is 3.01. The van der Waals surface area contributed by atoms with E-state index in [-0.39, 0.29) is 0 Å². The monoisotopic (exact) mass is 339 g/mol. The smallest absolute Gasteiger partial charge is 0.407 e. The molecule has 0 saturated heterocycles. The van der Waals surface area contributed by atoms with Gasteiger partial charge in [0.05, 0.1) is 12.2 Å². The summed E-state index contributed by atoms with van der Waals surface area (Å²) in [5, 5.41) is 2.76. The van der Waals surface area contributed by atoms with E-state index in [0.717, 1.165) is 30.8 Å². The van der Waals surface area contributed by atoms with Gasteiger partial charge < -0.3 is 15.0 Å². The molecular weight excluding hydrogens is 314 g/mol. The summed E-state index contributed by atoms with van der Waals surface area (Å²) < 4.78 is 5.26. The molecule has 2 aromatic rings. The van der Waals surface area contributed by atoms with Gasteiger partial charge in [-0.2, -0.15) is 0 Å². The summed E-state index contributed by atoms with van der Waals surface area (Å²) in [6.45, 7) is 6.87. The highest BCUT2D eigenvalue weighted by Crippen LogP contribution is 2.33. The van der Waals surface area contributed by atoms with Crippen LogP contribution in [-0.2, 0) is 17.7 Å². The first kappa shape index (κ1) is 17.3. The second-order valence-corrected chi connectivity index (χ2v) is 7.24. The number of carbonyl (C=O) groups is 1. The normalized spacial score (nSPS) is 14.0. The number of para-hydroxylation sites is 1. The van der Waals surface area contributed by atoms with Crippen LogP contribution in [0.4, 0.5) is 16.2 Å². The number of alkyl carbamates (subject to hydrolysis) is 1. The fourth-order valence-corrected chi connectivity index (χ4v) is 3.01. The number of hydrogen-bond acceptors (Lipinski definition) is 4. The van der Waals surface area contributed by atoms with Crippen molar-refractivity contribution in [2.24, 2.45) is 0 Å². The number of amides is 1. The third-order valence-corrected chi connectivity index (χ3v) is 4.03. The van der Waals surface area contributed by atoms with Gasteiger partial charge in [-0.3, -0.25) is 4.98 Å². The summed E-state index contributed by atoms with van der Waals surface area (Å²) in [5.41, 5.74) is 4.04. The summed E-state index contributed by atoms with van der Waals surface area (Å²) in [6, 6.07) is 12.5. The molecule has 1 aliphatic rings. The zero-order valence-corrected chi connectivity index (χ0v) is 15.1. The molecule has 0 bridgehead atoms. The second kappa shape index (κ2) is 7.13. The summed E-state index contributed by atoms with van der Waals surface area (Å²) in [4.78, 5) is 18.5. The van der Waals surface area contributed by atoms with Crippen molar-refractivity contribution in [2.75, 3.05) is 11.4 Å². The van der Waals surface area contributed by atoms with E-state index in [4.69, 9.17) is 4.74 Å². The van der Waals surface area contributed by atoms with Crippen molar-refractivity contribution in [3.63, 3.8) is 0 Å². The van der Waals surface area contributed by atoms with E-state index in [1.54, 1.807) is 6.20 Å². The minimum atomic E-state index is -0.503. The van der Waals surface area contributed by atoms with Crippen LogP contribution >= 0.6 is 0 Å². The fraction of sp³-hybridized carbons (Fsp3) is 0.400. The Labute approximate surface area is 149 Å². The van der Waals surface area contributed by atoms with Gasteiger partial charge in [-0.05, 0) is 57.4 Å². The Balaban J connectivity index is 1.71. The van der Waals surface area contributed by atoms with Crippen LogP contribution in [0.5, 0.6) is 0 Å². The van der Waals surface area contributed by atoms with E-state index in [9.17, 15) is 4.79 Å². The number of pyridine rings is 1. The van der Waals surface area contributed by atoms with Gasteiger partial charge in [0.25, 0.3) is 0 Å². The van der Waals surface area contributed by atoms with Gasteiger partial charge in [0.15, 0.2) is 0 Å². The molecule has 1 aromatic heterocycles. The van der Waals surface area contributed by atoms with E-state index < -0.39 is 11.7 Å². The zero-order valence-electron chi connectivity index (χ0n) is 15.1. The molecule has 0 fully saturated rings. The number of anilines is 2. The highest BCUT2D eigenvalue weighted by atomic mass is 16.6. The maximum absolute atomic E-state index is 11.8. The Morgan fingerprint density at radius 1 is 1.28 bits per heavy atom. The summed E-state index contributed by atoms with van der Waals surface area (Å²) in [6.07, 6.45) is 3.61. The maximum Gasteiger partial charge on any atom is 0.407 e. The van der Waals surface area contributed by atoms with E-state index in [0.29, 0.717) is 6.54 Å². The van der Waals surface area contributed by atoms with Crippen molar-refractivity contribution in [1.29, 1.82) is 0 Å². The minimum Gasteiger partial charge on any atom is -0.444 e. The Kier molecular flexibility index (Phi) is 4.93. The van der Waals surface area contributed by atoms with Gasteiger partial charge in [0.1, 0.15) is 5.60 Å². The van der Waals surface area contributed by atoms with Gasteiger partial charge in [-0.25, -0.2) is 4.79 Å². The molecule has 0 saturated carbocycles. The van der Waals surface area contributed by atoms with Crippen LogP contribution in [0.25, 0.3) is 0 Å². The highest BCUT2D eigenvalue weighted by molar-refractivity contribution is 5.69. The van der Waals surface area contributed by atoms with Crippen LogP contribution in [-0.4, -0.2) is 23.2 Å². The molecule has 1 N–H and O–H groups in total. The minimum absolute atomic E-state index is 0.345. The van der Waals surface area contributed by atoms with Gasteiger partial charge in [-0.15, -0.1) is 0 Å². The number of rotatable bonds is 3. The summed E-state index contributed by atoms with van der Waals surface area (Å²) >= 11 is 0. The number of aryl methyl sites for hydroxylation is 1. The molecule has 3 rings (SSSR count). The summed E-state index contributed by atoms with van der Waals surface area (Å²) in [7, 11) is 0. The lowest BCUT2D eigenvalue weighted by Crippen LogP contribution is -2.32. The van der Waals surface area contributed by atoms with E-state index in [2.05, 4.69) is 39.5 Å². The first-order valence-corrected chi connectivity index (χ1v) is 8.69. The molecule has 0 atom stereocenters. The number of aromatic nitrogens is 1. The number of nitrogens with zero attached hydrogens (tertiary/aromatic N) is 2. The van der Waals surface area contributed by atoms with Gasteiger partial charge in [0.2, 0.25) is 0 Å². The Hall–Kier alpha value is -2.56. The van der Waals surface area contributed by atoms with Crippen molar-refractivity contribution in [3.05, 3.63) is 53.9 Å². The van der Waals surface area contributed by atoms with Gasteiger partial charge >= 0.3 is 6.09 Å². The number of ether oxygens (including phenoxy) is 1. The number of carbonyl (C=O) groups excluding carboxylic acids is 1. The quantitative estimate of drug-likeness (QED) is 0.911. The Morgan fingerprint density at radius 3 is 2.88 bits per heavy atom. The molecule has 1 aliphatic heterocycles. The molecule has 2 heterocycles. The average Bonchev–Trinajstić information content (AvgIpc) is 2.58. The third-order valence-electron chi connectivity index (χ3n) is 4.03. The molecule has 1 amide bonds. The first-order chi connectivity index (χ1) is 11.9. The molecule has 5 nitrogen and oxygen atoms in total. The van der Waals surface area contributed by atoms with Gasteiger partial charge in [-0.1, -0.05) is 18.2 Å². The maximum atomic E-state index is 11.8. The number of fused-ring (bicyclic) bond motifs is 1. The SMILES string of the molecule is CC(C)(C)OC(=O)NCc1cc(N2CCCc3ccccc32)ccn1. The van der Waals surface area contributed by atoms with Crippen LogP contribution in [0.1, 0.15) is 38.4 Å². The number of nitrogens with one attached hydrogen (secondary N) is 1.